The van der Waals surface area contributed by atoms with Crippen LogP contribution in [0.25, 0.3) is 0 Å². The van der Waals surface area contributed by atoms with Crippen molar-refractivity contribution in [2.75, 3.05) is 32.8 Å². The molecular formula is C15H22N2O2. The first kappa shape index (κ1) is 14.0. The molecule has 0 aromatic heterocycles. The topological polar surface area (TPSA) is 41.6 Å². The average Bonchev–Trinajstić information content (AvgIpc) is 2.46. The lowest BCUT2D eigenvalue weighted by molar-refractivity contribution is -0.143. The maximum atomic E-state index is 11.8. The van der Waals surface area contributed by atoms with Crippen LogP contribution in [0.3, 0.4) is 0 Å². The highest BCUT2D eigenvalue weighted by Crippen LogP contribution is 2.15. The highest BCUT2D eigenvalue weighted by atomic mass is 16.5. The number of nitrogens with one attached hydrogen (secondary N) is 1. The van der Waals surface area contributed by atoms with Gasteiger partial charge in [0.15, 0.2) is 0 Å². The molecule has 0 saturated carbocycles. The summed E-state index contributed by atoms with van der Waals surface area (Å²) in [6.07, 6.45) is 1.08. The fourth-order valence-electron chi connectivity index (χ4n) is 2.26. The van der Waals surface area contributed by atoms with E-state index < -0.39 is 0 Å². The van der Waals surface area contributed by atoms with E-state index in [2.05, 4.69) is 24.4 Å². The SMILES string of the molecule is CCCNC(CN1CCOCC1=O)c1ccccc1. The first-order valence-corrected chi connectivity index (χ1v) is 6.95. The van der Waals surface area contributed by atoms with Crippen molar-refractivity contribution in [3.8, 4) is 0 Å². The number of morpholine rings is 1. The largest absolute Gasteiger partial charge is 0.370 e. The quantitative estimate of drug-likeness (QED) is 0.846. The lowest BCUT2D eigenvalue weighted by Gasteiger charge is -2.31. The highest BCUT2D eigenvalue weighted by Gasteiger charge is 2.22. The van der Waals surface area contributed by atoms with Crippen LogP contribution in [-0.4, -0.2) is 43.7 Å². The Morgan fingerprint density at radius 1 is 1.37 bits per heavy atom. The molecule has 1 unspecified atom stereocenters. The monoisotopic (exact) mass is 262 g/mol. The van der Waals surface area contributed by atoms with Gasteiger partial charge >= 0.3 is 0 Å². The molecule has 0 radical (unpaired) electrons. The predicted molar refractivity (Wildman–Crippen MR) is 74.9 cm³/mol. The van der Waals surface area contributed by atoms with E-state index in [4.69, 9.17) is 4.74 Å². The Kier molecular flexibility index (Phi) is 5.36. The smallest absolute Gasteiger partial charge is 0.248 e. The summed E-state index contributed by atoms with van der Waals surface area (Å²) in [5, 5.41) is 3.52. The molecule has 104 valence electrons. The summed E-state index contributed by atoms with van der Waals surface area (Å²) in [6, 6.07) is 10.5. The van der Waals surface area contributed by atoms with Crippen molar-refractivity contribution in [1.82, 2.24) is 10.2 Å². The summed E-state index contributed by atoms with van der Waals surface area (Å²) >= 11 is 0. The molecular weight excluding hydrogens is 240 g/mol. The lowest BCUT2D eigenvalue weighted by Crippen LogP contribution is -2.45. The Balaban J connectivity index is 2.03. The summed E-state index contributed by atoms with van der Waals surface area (Å²) in [5.41, 5.74) is 1.23. The summed E-state index contributed by atoms with van der Waals surface area (Å²) in [6.45, 7) is 5.37. The van der Waals surface area contributed by atoms with Gasteiger partial charge in [-0.2, -0.15) is 0 Å². The predicted octanol–water partition coefficient (Wildman–Crippen LogP) is 1.59. The third-order valence-electron chi connectivity index (χ3n) is 3.33. The first-order chi connectivity index (χ1) is 9.31. The van der Waals surface area contributed by atoms with Crippen LogP contribution in [0, 0.1) is 0 Å². The van der Waals surface area contributed by atoms with Crippen molar-refractivity contribution >= 4 is 5.91 Å². The van der Waals surface area contributed by atoms with Gasteiger partial charge in [-0.25, -0.2) is 0 Å². The van der Waals surface area contributed by atoms with Gasteiger partial charge in [-0.15, -0.1) is 0 Å². The molecule has 1 atom stereocenters. The third kappa shape index (κ3) is 4.04. The van der Waals surface area contributed by atoms with Crippen molar-refractivity contribution < 1.29 is 9.53 Å². The molecule has 1 aromatic carbocycles. The number of hydrogen-bond donors (Lipinski definition) is 1. The molecule has 4 heteroatoms. The van der Waals surface area contributed by atoms with Gasteiger partial charge in [0.1, 0.15) is 6.61 Å². The molecule has 1 N–H and O–H groups in total. The number of hydrogen-bond acceptors (Lipinski definition) is 3. The summed E-state index contributed by atoms with van der Waals surface area (Å²) < 4.78 is 5.17. The van der Waals surface area contributed by atoms with E-state index in [1.165, 1.54) is 5.56 Å². The third-order valence-corrected chi connectivity index (χ3v) is 3.33. The zero-order valence-electron chi connectivity index (χ0n) is 11.5. The number of nitrogens with zero attached hydrogens (tertiary/aromatic N) is 1. The number of amides is 1. The van der Waals surface area contributed by atoms with Gasteiger partial charge in [-0.05, 0) is 18.5 Å². The van der Waals surface area contributed by atoms with Gasteiger partial charge in [-0.3, -0.25) is 4.79 Å². The molecule has 1 heterocycles. The van der Waals surface area contributed by atoms with Gasteiger partial charge < -0.3 is 15.0 Å². The van der Waals surface area contributed by atoms with Crippen molar-refractivity contribution in [2.24, 2.45) is 0 Å². The molecule has 1 aliphatic heterocycles. The Bertz CT molecular complexity index is 394. The van der Waals surface area contributed by atoms with E-state index in [-0.39, 0.29) is 18.6 Å². The summed E-state index contributed by atoms with van der Waals surface area (Å²) in [5.74, 6) is 0.0884. The Labute approximate surface area is 114 Å². The minimum Gasteiger partial charge on any atom is -0.370 e. The maximum Gasteiger partial charge on any atom is 0.248 e. The van der Waals surface area contributed by atoms with Crippen LogP contribution in [0.1, 0.15) is 24.9 Å². The van der Waals surface area contributed by atoms with Crippen LogP contribution in [0.4, 0.5) is 0 Å². The molecule has 1 aromatic rings. The summed E-state index contributed by atoms with van der Waals surface area (Å²) in [7, 11) is 0. The Hall–Kier alpha value is -1.39. The van der Waals surface area contributed by atoms with Crippen LogP contribution in [0.5, 0.6) is 0 Å². The maximum absolute atomic E-state index is 11.8. The second-order valence-corrected chi connectivity index (χ2v) is 4.81. The van der Waals surface area contributed by atoms with Crippen LogP contribution < -0.4 is 5.32 Å². The zero-order valence-corrected chi connectivity index (χ0v) is 11.5. The van der Waals surface area contributed by atoms with E-state index in [9.17, 15) is 4.79 Å². The fourth-order valence-corrected chi connectivity index (χ4v) is 2.26. The molecule has 1 aliphatic rings. The van der Waals surface area contributed by atoms with E-state index in [1.807, 2.05) is 23.1 Å². The standard InChI is InChI=1S/C15H22N2O2/c1-2-8-16-14(13-6-4-3-5-7-13)11-17-9-10-19-12-15(17)18/h3-7,14,16H,2,8-12H2,1H3. The minimum absolute atomic E-state index is 0.0884. The van der Waals surface area contributed by atoms with Gasteiger partial charge in [0.2, 0.25) is 5.91 Å². The van der Waals surface area contributed by atoms with E-state index in [0.29, 0.717) is 19.7 Å². The lowest BCUT2D eigenvalue weighted by atomic mass is 10.1. The van der Waals surface area contributed by atoms with Gasteiger partial charge in [-0.1, -0.05) is 37.3 Å². The van der Waals surface area contributed by atoms with E-state index in [1.54, 1.807) is 0 Å². The Morgan fingerprint density at radius 3 is 2.84 bits per heavy atom. The summed E-state index contributed by atoms with van der Waals surface area (Å²) in [4.78, 5) is 13.7. The normalized spacial score (nSPS) is 17.5. The number of benzene rings is 1. The number of carbonyl (C=O) groups is 1. The molecule has 1 saturated heterocycles. The molecule has 19 heavy (non-hydrogen) atoms. The number of carbonyl (C=O) groups excluding carboxylic acids is 1. The van der Waals surface area contributed by atoms with Crippen molar-refractivity contribution in [1.29, 1.82) is 0 Å². The molecule has 0 bridgehead atoms. The highest BCUT2D eigenvalue weighted by molar-refractivity contribution is 5.78. The molecule has 2 rings (SSSR count). The first-order valence-electron chi connectivity index (χ1n) is 6.95. The molecule has 0 spiro atoms. The van der Waals surface area contributed by atoms with Crippen molar-refractivity contribution in [3.05, 3.63) is 35.9 Å². The van der Waals surface area contributed by atoms with Crippen LogP contribution in [0.15, 0.2) is 30.3 Å². The molecule has 1 fully saturated rings. The van der Waals surface area contributed by atoms with Crippen LogP contribution >= 0.6 is 0 Å². The van der Waals surface area contributed by atoms with Gasteiger partial charge in [0.25, 0.3) is 0 Å². The average molecular weight is 262 g/mol. The van der Waals surface area contributed by atoms with Crippen LogP contribution in [0.2, 0.25) is 0 Å². The number of ether oxygens (including phenoxy) is 1. The second kappa shape index (κ2) is 7.26. The van der Waals surface area contributed by atoms with Crippen LogP contribution in [-0.2, 0) is 9.53 Å². The van der Waals surface area contributed by atoms with Crippen molar-refractivity contribution in [3.63, 3.8) is 0 Å². The molecule has 0 aliphatic carbocycles. The fraction of sp³-hybridized carbons (Fsp3) is 0.533. The van der Waals surface area contributed by atoms with Crippen molar-refractivity contribution in [2.45, 2.75) is 19.4 Å². The minimum atomic E-state index is 0.0884. The molecule has 4 nitrogen and oxygen atoms in total. The van der Waals surface area contributed by atoms with E-state index in [0.717, 1.165) is 13.0 Å². The van der Waals surface area contributed by atoms with Gasteiger partial charge in [0, 0.05) is 19.1 Å². The van der Waals surface area contributed by atoms with Gasteiger partial charge in [0.05, 0.1) is 6.61 Å². The Morgan fingerprint density at radius 2 is 2.16 bits per heavy atom. The number of rotatable bonds is 6. The molecule has 1 amide bonds. The second-order valence-electron chi connectivity index (χ2n) is 4.81. The van der Waals surface area contributed by atoms with E-state index >= 15 is 0 Å². The zero-order chi connectivity index (χ0) is 13.5.